The smallest absolute Gasteiger partial charge is 0.217 e. The number of aliphatic hydroxyl groups is 2. The topological polar surface area (TPSA) is 122 Å². The third kappa shape index (κ3) is 3.40. The van der Waals surface area contributed by atoms with E-state index in [0.717, 1.165) is 13.8 Å². The minimum Gasteiger partial charge on any atom is -0.377 e. The number of carbonyl (C=O) groups is 3. The molecule has 1 aliphatic rings. The lowest BCUT2D eigenvalue weighted by molar-refractivity contribution is -0.304. The van der Waals surface area contributed by atoms with Crippen LogP contribution in [0.25, 0.3) is 0 Å². The summed E-state index contributed by atoms with van der Waals surface area (Å²) in [6, 6.07) is -1.47. The van der Waals surface area contributed by atoms with Gasteiger partial charge in [0.1, 0.15) is 12.1 Å². The fraction of sp³-hybridized carbons (Fsp3) is 0.667. The molecule has 1 fully saturated rings. The Labute approximate surface area is 153 Å². The Bertz CT molecular complexity index is 540. The van der Waals surface area contributed by atoms with Crippen LogP contribution in [0.4, 0.5) is 0 Å². The van der Waals surface area contributed by atoms with Crippen molar-refractivity contribution in [2.75, 3.05) is 11.0 Å². The highest BCUT2D eigenvalue weighted by Crippen LogP contribution is 2.41. The van der Waals surface area contributed by atoms with Crippen molar-refractivity contribution in [3.05, 3.63) is 12.7 Å². The fourth-order valence-corrected chi connectivity index (χ4v) is 3.68. The molecule has 0 bridgehead atoms. The first-order valence-electron chi connectivity index (χ1n) is 7.25. The summed E-state index contributed by atoms with van der Waals surface area (Å²) in [5.41, 5.74) is -5.13. The molecule has 3 N–H and O–H groups in total. The number of nitrogens with one attached hydrogen (secondary N) is 1. The van der Waals surface area contributed by atoms with Gasteiger partial charge in [0, 0.05) is 11.4 Å². The number of ketones is 2. The van der Waals surface area contributed by atoms with E-state index in [2.05, 4.69) is 11.9 Å². The van der Waals surface area contributed by atoms with Crippen LogP contribution in [0.3, 0.4) is 0 Å². The molecule has 9 heteroatoms. The van der Waals surface area contributed by atoms with Gasteiger partial charge in [-0.2, -0.15) is 0 Å². The molecule has 0 radical (unpaired) electrons. The molecule has 0 aromatic carbocycles. The van der Waals surface area contributed by atoms with Gasteiger partial charge in [0.25, 0.3) is 0 Å². The molecule has 24 heavy (non-hydrogen) atoms. The lowest BCUT2D eigenvalue weighted by atomic mass is 9.67. The fourth-order valence-electron chi connectivity index (χ4n) is 2.84. The zero-order chi connectivity index (χ0) is 18.7. The second-order valence-electron chi connectivity index (χ2n) is 5.59. The minimum atomic E-state index is -2.61. The first-order chi connectivity index (χ1) is 11.1. The summed E-state index contributed by atoms with van der Waals surface area (Å²) in [7, 11) is 0. The predicted molar refractivity (Wildman–Crippen MR) is 92.6 cm³/mol. The van der Waals surface area contributed by atoms with E-state index < -0.39 is 47.1 Å². The van der Waals surface area contributed by atoms with Gasteiger partial charge in [0.05, 0.1) is 6.61 Å². The SMILES string of the molecule is C=CCO[C@H]1O[C@H](CI)[C@](O)(C(C)=O)[C@@](O)(C(C)=O)[C@H]1NC(C)=O. The van der Waals surface area contributed by atoms with E-state index in [4.69, 9.17) is 9.47 Å². The van der Waals surface area contributed by atoms with Gasteiger partial charge in [0.2, 0.25) is 5.91 Å². The van der Waals surface area contributed by atoms with Crippen molar-refractivity contribution in [1.29, 1.82) is 0 Å². The molecular formula is C15H22INO7. The van der Waals surface area contributed by atoms with Crippen LogP contribution in [0.15, 0.2) is 12.7 Å². The number of rotatable bonds is 7. The van der Waals surface area contributed by atoms with Crippen LogP contribution in [-0.2, 0) is 23.9 Å². The zero-order valence-electron chi connectivity index (χ0n) is 13.7. The lowest BCUT2D eigenvalue weighted by Crippen LogP contribution is -2.82. The highest BCUT2D eigenvalue weighted by molar-refractivity contribution is 14.1. The van der Waals surface area contributed by atoms with Gasteiger partial charge in [-0.1, -0.05) is 28.7 Å². The van der Waals surface area contributed by atoms with Gasteiger partial charge in [-0.3, -0.25) is 14.4 Å². The number of amides is 1. The van der Waals surface area contributed by atoms with E-state index in [9.17, 15) is 24.6 Å². The van der Waals surface area contributed by atoms with Crippen LogP contribution in [0.5, 0.6) is 0 Å². The Morgan fingerprint density at radius 3 is 2.17 bits per heavy atom. The summed E-state index contributed by atoms with van der Waals surface area (Å²) < 4.78 is 11.1. The van der Waals surface area contributed by atoms with Crippen molar-refractivity contribution in [3.63, 3.8) is 0 Å². The van der Waals surface area contributed by atoms with E-state index >= 15 is 0 Å². The van der Waals surface area contributed by atoms with Crippen LogP contribution >= 0.6 is 22.6 Å². The Kier molecular flexibility index (Phi) is 7.05. The Hall–Kier alpha value is -0.880. The number of hydrogen-bond donors (Lipinski definition) is 3. The predicted octanol–water partition coefficient (Wildman–Crippen LogP) is -0.506. The quantitative estimate of drug-likeness (QED) is 0.269. The summed E-state index contributed by atoms with van der Waals surface area (Å²) >= 11 is 1.86. The molecule has 0 aliphatic carbocycles. The first kappa shape index (κ1) is 21.2. The van der Waals surface area contributed by atoms with E-state index in [1.54, 1.807) is 0 Å². The monoisotopic (exact) mass is 455 g/mol. The Morgan fingerprint density at radius 1 is 1.25 bits per heavy atom. The summed E-state index contributed by atoms with van der Waals surface area (Å²) in [4.78, 5) is 36.0. The van der Waals surface area contributed by atoms with Gasteiger partial charge in [-0.15, -0.1) is 6.58 Å². The number of alkyl halides is 1. The van der Waals surface area contributed by atoms with Crippen molar-refractivity contribution in [2.45, 2.75) is 50.4 Å². The van der Waals surface area contributed by atoms with Crippen molar-refractivity contribution in [3.8, 4) is 0 Å². The average molecular weight is 455 g/mol. The van der Waals surface area contributed by atoms with Crippen molar-refractivity contribution < 1.29 is 34.1 Å². The highest BCUT2D eigenvalue weighted by atomic mass is 127. The van der Waals surface area contributed by atoms with Crippen LogP contribution in [0, 0.1) is 0 Å². The molecule has 136 valence electrons. The molecule has 0 aromatic heterocycles. The molecule has 5 atom stereocenters. The van der Waals surface area contributed by atoms with E-state index in [1.807, 2.05) is 22.6 Å². The number of hydrogen-bond acceptors (Lipinski definition) is 7. The standard InChI is InChI=1S/C15H22INO7/c1-5-6-23-13-12(17-10(4)20)15(22,9(3)19)14(21,8(2)18)11(7-16)24-13/h5,11-13,21-22H,1,6-7H2,2-4H3,(H,17,20)/t11-,12+,13+,14-,15-/m1/s1. The molecule has 1 aliphatic heterocycles. The Morgan fingerprint density at radius 2 is 1.79 bits per heavy atom. The zero-order valence-corrected chi connectivity index (χ0v) is 15.9. The molecule has 0 aromatic rings. The third-order valence-electron chi connectivity index (χ3n) is 4.02. The molecule has 0 unspecified atom stereocenters. The molecule has 0 saturated carbocycles. The second-order valence-corrected chi connectivity index (χ2v) is 6.47. The molecule has 1 rings (SSSR count). The number of Topliss-reactive ketones (excluding diaryl/α,β-unsaturated/α-hetero) is 2. The first-order valence-corrected chi connectivity index (χ1v) is 8.77. The number of halogens is 1. The summed E-state index contributed by atoms with van der Waals surface area (Å²) in [6.45, 7) is 6.76. The summed E-state index contributed by atoms with van der Waals surface area (Å²) in [6.07, 6.45) is -1.03. The van der Waals surface area contributed by atoms with Crippen LogP contribution in [0.1, 0.15) is 20.8 Å². The van der Waals surface area contributed by atoms with Gasteiger partial charge >= 0.3 is 0 Å². The van der Waals surface area contributed by atoms with Crippen molar-refractivity contribution in [1.82, 2.24) is 5.32 Å². The number of carbonyl (C=O) groups excluding carboxylic acids is 3. The van der Waals surface area contributed by atoms with E-state index in [-0.39, 0.29) is 11.0 Å². The van der Waals surface area contributed by atoms with E-state index in [0.29, 0.717) is 0 Å². The summed E-state index contributed by atoms with van der Waals surface area (Å²) in [5, 5.41) is 24.4. The maximum Gasteiger partial charge on any atom is 0.217 e. The van der Waals surface area contributed by atoms with Gasteiger partial charge in [0.15, 0.2) is 29.1 Å². The van der Waals surface area contributed by atoms with Gasteiger partial charge in [-0.05, 0) is 13.8 Å². The molecule has 8 nitrogen and oxygen atoms in total. The second kappa shape index (κ2) is 8.00. The van der Waals surface area contributed by atoms with Gasteiger partial charge < -0.3 is 25.0 Å². The molecular weight excluding hydrogens is 433 g/mol. The maximum atomic E-state index is 12.3. The van der Waals surface area contributed by atoms with Crippen LogP contribution in [-0.4, -0.2) is 68.4 Å². The molecule has 1 heterocycles. The number of ether oxygens (including phenoxy) is 2. The Balaban J connectivity index is 3.54. The minimum absolute atomic E-state index is 0.0151. The largest absolute Gasteiger partial charge is 0.377 e. The third-order valence-corrected chi connectivity index (χ3v) is 4.82. The summed E-state index contributed by atoms with van der Waals surface area (Å²) in [5.74, 6) is -2.32. The lowest BCUT2D eigenvalue weighted by Gasteiger charge is -2.54. The highest BCUT2D eigenvalue weighted by Gasteiger charge is 2.70. The van der Waals surface area contributed by atoms with Crippen LogP contribution in [0.2, 0.25) is 0 Å². The average Bonchev–Trinajstić information content (AvgIpc) is 2.50. The van der Waals surface area contributed by atoms with Gasteiger partial charge in [-0.25, -0.2) is 0 Å². The molecule has 1 saturated heterocycles. The van der Waals surface area contributed by atoms with E-state index in [1.165, 1.54) is 13.0 Å². The maximum absolute atomic E-state index is 12.3. The normalized spacial score (nSPS) is 36.0. The van der Waals surface area contributed by atoms with Crippen LogP contribution < -0.4 is 5.32 Å². The molecule has 0 spiro atoms. The molecule has 1 amide bonds. The van der Waals surface area contributed by atoms with Crippen molar-refractivity contribution in [2.24, 2.45) is 0 Å². The van der Waals surface area contributed by atoms with Crippen molar-refractivity contribution >= 4 is 40.1 Å².